The Morgan fingerprint density at radius 1 is 0.325 bits per heavy atom. The Bertz CT molecular complexity index is 5120. The molecule has 5 aromatic heterocycles. The minimum Gasteiger partial charge on any atom is -1.00 e. The number of amides is 8. The number of rotatable bonds is 24. The molecule has 0 radical (unpaired) electrons. The van der Waals surface area contributed by atoms with Crippen LogP contribution in [0, 0.1) is 0 Å². The molecule has 0 fully saturated rings. The van der Waals surface area contributed by atoms with Gasteiger partial charge in [-0.3, -0.25) is 27.5 Å². The van der Waals surface area contributed by atoms with Crippen LogP contribution in [-0.4, -0.2) is 132 Å². The monoisotopic (exact) mass is 1880 g/mol. The Kier molecular flexibility index (Phi) is 42.7. The van der Waals surface area contributed by atoms with Gasteiger partial charge < -0.3 is 68.7 Å². The maximum Gasteiger partial charge on any atom is 0.330 e. The lowest BCUT2D eigenvalue weighted by atomic mass is 10.0. The molecule has 8 bridgehead atoms. The minimum atomic E-state index is -0.611. The highest BCUT2D eigenvalue weighted by Crippen LogP contribution is 2.42. The lowest BCUT2D eigenvalue weighted by molar-refractivity contribution is -0.929. The molecule has 5 heterocycles. The molecule has 13 aromatic rings. The number of unbranched alkanes of at least 4 members (excludes halogenated alkanes) is 4. The first-order chi connectivity index (χ1) is 60.0. The molecule has 0 aliphatic carbocycles. The van der Waals surface area contributed by atoms with Crippen molar-refractivity contribution in [3.8, 4) is 44.5 Å². The van der Waals surface area contributed by atoms with E-state index in [2.05, 4.69) is 80.2 Å². The van der Waals surface area contributed by atoms with Crippen LogP contribution in [0.3, 0.4) is 0 Å². The van der Waals surface area contributed by atoms with Crippen LogP contribution in [0.25, 0.3) is 88.6 Å². The Hall–Kier alpha value is -10.6. The van der Waals surface area contributed by atoms with Gasteiger partial charge in [0.05, 0.1) is 60.8 Å². The predicted octanol–water partition coefficient (Wildman–Crippen LogP) is 22.4. The standard InChI is InChI=1S/C72H50Cl4N12O4.C16H36N.4C2H6OS.ClH/c73-41-17-25-45(26-18-41)77-69(89)85-53-13-5-1-9-49(53)65-57-33-35-59(81-57)66(50-10-2-6-14-54(50)86-70(90)78-46-27-19-42(74)20-28-46)61-37-39-63(83-61)68(52-12-4-8-16-56(52)88-72(92)80-48-31-23-44(76)24-32-48)64-40-38-62(84-64)67(60-36-34-58(65)82-60)51-11-3-7-15-55(51)87-71(91)79-47-29-21-43(75)22-30-47;1-5-9-13-17(14-10-6-2,15-11-7-3)16-12-8-4;4*1-4(2)3;/h1-40,81,84H,(H2,77,85,89)(H2,78,86,90)(H2,79,87,91)(H2,80,88,92);5-16H2,1-4H3;4*1-2H3;1H/q;+1;;;;;/p-1. The molecule has 0 aliphatic heterocycles. The molecular formula is C96H110Cl5N13O8S4. The molecule has 21 nitrogen and oxygen atoms in total. The van der Waals surface area contributed by atoms with E-state index < -0.39 is 67.3 Å². The fourth-order valence-corrected chi connectivity index (χ4v) is 14.0. The minimum absolute atomic E-state index is 0. The number of halogens is 5. The first-order valence-corrected chi connectivity index (χ1v) is 50.1. The van der Waals surface area contributed by atoms with E-state index in [1.165, 1.54) is 82.0 Å². The van der Waals surface area contributed by atoms with Gasteiger partial charge >= 0.3 is 24.1 Å². The number of benzene rings is 8. The van der Waals surface area contributed by atoms with E-state index in [1.807, 2.05) is 146 Å². The zero-order valence-corrected chi connectivity index (χ0v) is 79.8. The maximum atomic E-state index is 14.0. The SMILES string of the molecule is CCCC[N+](CCCC)(CCCC)CCCC.CS(C)=O.CS(C)=O.CS(C)=O.CS(C)=O.O=C(Nc1ccc(Cl)cc1)Nc1ccccc1-c1c2ccc([n-]2)[c+](-c2ccccc2NC(=O)Nc2ccc(Cl)cc2)c2ccc([nH]2)[c+](-c2ccccc2NC(=O)Nc2ccc(Cl)cc2)c2ccc([n-]2)c(-c2ccccc2NC(=O)Nc2ccc(Cl)cc2)c2ccc1[nH]2.[Cl-]. The third kappa shape index (κ3) is 32.7. The van der Waals surface area contributed by atoms with Crippen LogP contribution in [0.2, 0.25) is 20.1 Å². The number of aromatic amines is 2. The van der Waals surface area contributed by atoms with Crippen LogP contribution in [0.5, 0.6) is 0 Å². The van der Waals surface area contributed by atoms with E-state index in [-0.39, 0.29) is 12.4 Å². The lowest BCUT2D eigenvalue weighted by Gasteiger charge is -2.39. The molecule has 30 heteroatoms. The number of nitrogens with one attached hydrogen (secondary N) is 10. The average molecular weight is 1880 g/mol. The van der Waals surface area contributed by atoms with Gasteiger partial charge in [0.2, 0.25) is 0 Å². The predicted molar refractivity (Wildman–Crippen MR) is 536 cm³/mol. The van der Waals surface area contributed by atoms with Gasteiger partial charge in [0.25, 0.3) is 0 Å². The molecule has 666 valence electrons. The first kappa shape index (κ1) is 103. The topological polar surface area (TPSA) is 293 Å². The smallest absolute Gasteiger partial charge is 0.330 e. The molecule has 13 rings (SSSR count). The summed E-state index contributed by atoms with van der Waals surface area (Å²) < 4.78 is 39.6. The van der Waals surface area contributed by atoms with Crippen molar-refractivity contribution in [2.45, 2.75) is 79.1 Å². The van der Waals surface area contributed by atoms with E-state index in [0.29, 0.717) is 154 Å². The fourth-order valence-electron chi connectivity index (χ4n) is 13.5. The van der Waals surface area contributed by atoms with Crippen LogP contribution in [0.15, 0.2) is 243 Å². The molecule has 126 heavy (non-hydrogen) atoms. The second kappa shape index (κ2) is 52.5. The largest absolute Gasteiger partial charge is 1.00 e. The number of urea groups is 4. The molecule has 0 saturated carbocycles. The van der Waals surface area contributed by atoms with Gasteiger partial charge in [-0.2, -0.15) is 0 Å². The molecule has 0 atom stereocenters. The molecule has 0 saturated heterocycles. The van der Waals surface area contributed by atoms with Crippen molar-refractivity contribution in [1.29, 1.82) is 0 Å². The number of fused-ring (bicyclic) bond motifs is 8. The summed E-state index contributed by atoms with van der Waals surface area (Å²) in [6, 6.07) is 70.2. The van der Waals surface area contributed by atoms with Gasteiger partial charge in [0.1, 0.15) is 33.5 Å². The van der Waals surface area contributed by atoms with E-state index >= 15 is 0 Å². The highest BCUT2D eigenvalue weighted by Gasteiger charge is 2.26. The van der Waals surface area contributed by atoms with Crippen molar-refractivity contribution >= 4 is 203 Å². The molecule has 8 aromatic carbocycles. The van der Waals surface area contributed by atoms with Crippen LogP contribution in [-0.2, 0) is 43.2 Å². The number of para-hydroxylation sites is 4. The average Bonchev–Trinajstić information content (AvgIpc) is 1.55. The van der Waals surface area contributed by atoms with Gasteiger partial charge in [-0.1, -0.05) is 147 Å². The highest BCUT2D eigenvalue weighted by atomic mass is 35.5. The number of nitrogens with zero attached hydrogens (tertiary/aromatic N) is 3. The van der Waals surface area contributed by atoms with Crippen molar-refractivity contribution in [3.05, 3.63) is 263 Å². The third-order valence-electron chi connectivity index (χ3n) is 18.9. The summed E-state index contributed by atoms with van der Waals surface area (Å²) in [5.41, 5.74) is 13.1. The molecule has 10 N–H and O–H groups in total. The Balaban J connectivity index is 0.000000545. The van der Waals surface area contributed by atoms with E-state index in [1.54, 1.807) is 147 Å². The van der Waals surface area contributed by atoms with Crippen molar-refractivity contribution in [2.24, 2.45) is 0 Å². The molecule has 0 unspecified atom stereocenters. The van der Waals surface area contributed by atoms with Crippen molar-refractivity contribution in [2.75, 3.05) is 119 Å². The second-order valence-corrected chi connectivity index (χ2v) is 37.3. The number of hydrogen-bond donors (Lipinski definition) is 10. The van der Waals surface area contributed by atoms with Gasteiger partial charge in [-0.05, 0) is 219 Å². The quantitative estimate of drug-likeness (QED) is 0.0202. The lowest BCUT2D eigenvalue weighted by Crippen LogP contribution is -3.00. The van der Waals surface area contributed by atoms with Crippen LogP contribution in [0.4, 0.5) is 64.7 Å². The summed E-state index contributed by atoms with van der Waals surface area (Å²) in [6.07, 6.45) is 24.2. The number of carbonyl (C=O) groups is 4. The summed E-state index contributed by atoms with van der Waals surface area (Å²) in [4.78, 5) is 74.5. The van der Waals surface area contributed by atoms with Gasteiger partial charge in [0, 0.05) is 170 Å². The summed E-state index contributed by atoms with van der Waals surface area (Å²) in [7, 11) is -2.44. The van der Waals surface area contributed by atoms with Gasteiger partial charge in [-0.25, -0.2) is 19.2 Å². The second-order valence-electron chi connectivity index (χ2n) is 29.6. The Morgan fingerprint density at radius 3 is 0.857 bits per heavy atom. The van der Waals surface area contributed by atoms with E-state index in [9.17, 15) is 36.0 Å². The fraction of sp³-hybridized carbons (Fsp3) is 0.250. The number of carbonyl (C=O) groups excluding carboxylic acids is 4. The number of hydrogen-bond acceptors (Lipinski definition) is 8. The molecular weight excluding hydrogens is 1770 g/mol. The first-order valence-electron chi connectivity index (χ1n) is 40.7. The van der Waals surface area contributed by atoms with Crippen LogP contribution in [0.1, 0.15) is 79.1 Å². The molecule has 0 aliphatic rings. The van der Waals surface area contributed by atoms with Crippen molar-refractivity contribution < 1.29 is 52.9 Å². The zero-order valence-electron chi connectivity index (χ0n) is 72.7. The third-order valence-corrected chi connectivity index (χ3v) is 19.9. The zero-order chi connectivity index (χ0) is 90.5. The Labute approximate surface area is 775 Å². The van der Waals surface area contributed by atoms with Gasteiger partial charge in [-0.15, -0.1) is 11.0 Å². The highest BCUT2D eigenvalue weighted by molar-refractivity contribution is 7.84. The summed E-state index contributed by atoms with van der Waals surface area (Å²) >= 11 is 24.8. The molecule has 0 spiro atoms. The normalized spacial score (nSPS) is 10.8. The number of H-pyrrole nitrogens is 2. The maximum absolute atomic E-state index is 14.0. The summed E-state index contributed by atoms with van der Waals surface area (Å²) in [5.74, 6) is 0. The number of anilines is 8. The summed E-state index contributed by atoms with van der Waals surface area (Å²) in [5, 5.41) is 26.1. The number of aromatic nitrogens is 4. The van der Waals surface area contributed by atoms with Gasteiger partial charge in [0.15, 0.2) is 0 Å². The van der Waals surface area contributed by atoms with Crippen molar-refractivity contribution in [1.82, 2.24) is 19.9 Å². The van der Waals surface area contributed by atoms with Crippen molar-refractivity contribution in [3.63, 3.8) is 0 Å². The van der Waals surface area contributed by atoms with Crippen LogP contribution >= 0.6 is 46.4 Å². The Morgan fingerprint density at radius 2 is 0.579 bits per heavy atom. The van der Waals surface area contributed by atoms with E-state index in [0.717, 1.165) is 0 Å². The molecule has 8 amide bonds. The van der Waals surface area contributed by atoms with Crippen LogP contribution < -0.4 is 64.9 Å². The number of quaternary nitrogens is 1. The summed E-state index contributed by atoms with van der Waals surface area (Å²) in [6.45, 7) is 15.0. The van der Waals surface area contributed by atoms with E-state index in [4.69, 9.17) is 56.4 Å².